The van der Waals surface area contributed by atoms with Crippen LogP contribution in [-0.2, 0) is 5.48 Å². The maximum absolute atomic E-state index is 0. The molecule has 0 saturated heterocycles. The van der Waals surface area contributed by atoms with Crippen molar-refractivity contribution < 1.29 is 54.9 Å². The fourth-order valence-electron chi connectivity index (χ4n) is 0. The summed E-state index contributed by atoms with van der Waals surface area (Å²) in [5.41, 5.74) is 0. The Balaban J connectivity index is 0. The summed E-state index contributed by atoms with van der Waals surface area (Å²) >= 11 is 0. The normalized spacial score (nSPS) is 0. The molecule has 0 aliphatic carbocycles. The van der Waals surface area contributed by atoms with Crippen LogP contribution in [0.4, 0.5) is 0 Å². The summed E-state index contributed by atoms with van der Waals surface area (Å²) in [6.07, 6.45) is 0. The van der Waals surface area contributed by atoms with Crippen molar-refractivity contribution >= 4 is 31.1 Å². The summed E-state index contributed by atoms with van der Waals surface area (Å²) in [6.45, 7) is 0. The summed E-state index contributed by atoms with van der Waals surface area (Å²) < 4.78 is 0. The van der Waals surface area contributed by atoms with Crippen molar-refractivity contribution in [1.82, 2.24) is 0 Å². The summed E-state index contributed by atoms with van der Waals surface area (Å²) in [7, 11) is 0. The molecule has 23 valence electrons. The third-order valence-electron chi connectivity index (χ3n) is 0. The van der Waals surface area contributed by atoms with Crippen LogP contribution < -0.4 is 0 Å². The second-order valence-electron chi connectivity index (χ2n) is 0. The molecule has 0 aliphatic heterocycles. The molecule has 0 N–H and O–H groups in total. The molecule has 0 aliphatic rings. The summed E-state index contributed by atoms with van der Waals surface area (Å²) in [4.78, 5) is 0. The molecule has 0 unspecified atom stereocenters. The van der Waals surface area contributed by atoms with Crippen molar-refractivity contribution in [3.63, 3.8) is 0 Å². The van der Waals surface area contributed by atoms with Gasteiger partial charge in [-0.1, -0.05) is 0 Å². The second kappa shape index (κ2) is 18.0. The monoisotopic (exact) mass is 275 g/mol. The SMILES string of the molecule is [Eu].[Ge].[O].[S]. The zero-order valence-corrected chi connectivity index (χ0v) is 7.03. The maximum Gasteiger partial charge on any atom is 0 e. The van der Waals surface area contributed by atoms with E-state index in [1.54, 1.807) is 0 Å². The van der Waals surface area contributed by atoms with Gasteiger partial charge in [-0.05, 0) is 0 Å². The number of rotatable bonds is 0. The molecular weight excluding hydrogens is 273 g/mol. The Morgan fingerprint density at radius 1 is 1.00 bits per heavy atom. The molecule has 0 bridgehead atoms. The summed E-state index contributed by atoms with van der Waals surface area (Å²) in [5.74, 6) is 0. The Bertz CT molecular complexity index is 8.00. The van der Waals surface area contributed by atoms with Gasteiger partial charge in [-0.3, -0.25) is 0 Å². The Morgan fingerprint density at radius 2 is 1.00 bits per heavy atom. The molecule has 0 rings (SSSR count). The molecule has 0 aromatic rings. The van der Waals surface area contributed by atoms with E-state index in [4.69, 9.17) is 0 Å². The van der Waals surface area contributed by atoms with Crippen molar-refractivity contribution in [3.8, 4) is 0 Å². The van der Waals surface area contributed by atoms with E-state index in [1.807, 2.05) is 0 Å². The molecule has 0 spiro atoms. The first-order valence-corrected chi connectivity index (χ1v) is 0. The summed E-state index contributed by atoms with van der Waals surface area (Å²) in [6, 6.07) is 0. The van der Waals surface area contributed by atoms with Gasteiger partial charge >= 0.3 is 0 Å². The minimum atomic E-state index is 0. The molecule has 0 atom stereocenters. The van der Waals surface area contributed by atoms with Crippen molar-refractivity contribution in [2.45, 2.75) is 0 Å². The molecular formula is EuGeOS. The van der Waals surface area contributed by atoms with Gasteiger partial charge in [-0.15, -0.1) is 0 Å². The predicted octanol–water partition coefficient (Wildman–Crippen LogP) is 0.149. The standard InChI is InChI=1S/Eu.Ge.O.S. The van der Waals surface area contributed by atoms with Crippen LogP contribution in [0.2, 0.25) is 0 Å². The molecule has 4 heavy (non-hydrogen) atoms. The van der Waals surface area contributed by atoms with E-state index in [-0.39, 0.29) is 85.9 Å². The minimum Gasteiger partial charge on any atom is 0 e. The van der Waals surface area contributed by atoms with Gasteiger partial charge in [0.05, 0.1) is 0 Å². The first kappa shape index (κ1) is 32.0. The first-order chi connectivity index (χ1) is 0. The molecule has 0 heterocycles. The average Bonchev–Trinajstić information content (AvgIpc) is 0. The van der Waals surface area contributed by atoms with Crippen molar-refractivity contribution in [2.75, 3.05) is 0 Å². The van der Waals surface area contributed by atoms with Crippen LogP contribution in [0.1, 0.15) is 0 Å². The molecule has 1 nitrogen and oxygen atoms in total. The topological polar surface area (TPSA) is 28.5 Å². The molecule has 0 aromatic carbocycles. The van der Waals surface area contributed by atoms with Gasteiger partial charge in [0.25, 0.3) is 0 Å². The fraction of sp³-hybridized carbons (Fsp3) is 0. The zero-order chi connectivity index (χ0) is 0. The quantitative estimate of drug-likeness (QED) is 0.562. The van der Waals surface area contributed by atoms with E-state index < -0.39 is 0 Å². The van der Waals surface area contributed by atoms with Gasteiger partial charge < -0.3 is 0 Å². The van der Waals surface area contributed by atoms with E-state index in [2.05, 4.69) is 0 Å². The third kappa shape index (κ3) is 8.83. The fourth-order valence-corrected chi connectivity index (χ4v) is 0. The molecule has 0 amide bonds. The molecule has 0 saturated carbocycles. The maximum atomic E-state index is 0. The van der Waals surface area contributed by atoms with Gasteiger partial charge in [0.15, 0.2) is 0 Å². The molecule has 9 radical (unpaired) electrons. The first-order valence-electron chi connectivity index (χ1n) is 0. The van der Waals surface area contributed by atoms with E-state index in [9.17, 15) is 0 Å². The van der Waals surface area contributed by atoms with Crippen LogP contribution in [0, 0.1) is 49.4 Å². The van der Waals surface area contributed by atoms with Crippen LogP contribution in [0.5, 0.6) is 0 Å². The third-order valence-corrected chi connectivity index (χ3v) is 0. The Hall–Kier alpha value is 2.44. The van der Waals surface area contributed by atoms with Crippen LogP contribution in [-0.4, -0.2) is 17.6 Å². The van der Waals surface area contributed by atoms with Crippen LogP contribution in [0.3, 0.4) is 0 Å². The van der Waals surface area contributed by atoms with Gasteiger partial charge in [0, 0.05) is 85.9 Å². The van der Waals surface area contributed by atoms with Gasteiger partial charge in [0.2, 0.25) is 0 Å². The van der Waals surface area contributed by atoms with Gasteiger partial charge in [0.1, 0.15) is 0 Å². The van der Waals surface area contributed by atoms with Crippen LogP contribution in [0.25, 0.3) is 0 Å². The van der Waals surface area contributed by atoms with Gasteiger partial charge in [-0.25, -0.2) is 0 Å². The molecule has 0 aromatic heterocycles. The molecule has 0 fully saturated rings. The minimum absolute atomic E-state index is 0. The van der Waals surface area contributed by atoms with E-state index in [1.165, 1.54) is 0 Å². The van der Waals surface area contributed by atoms with Crippen LogP contribution in [0.15, 0.2) is 0 Å². The number of hydrogen-bond acceptors (Lipinski definition) is 0. The van der Waals surface area contributed by atoms with Crippen molar-refractivity contribution in [3.05, 3.63) is 0 Å². The van der Waals surface area contributed by atoms with E-state index in [0.717, 1.165) is 0 Å². The predicted molar refractivity (Wildman–Crippen MR) is 14.0 cm³/mol. The van der Waals surface area contributed by atoms with E-state index in [0.29, 0.717) is 0 Å². The summed E-state index contributed by atoms with van der Waals surface area (Å²) in [5, 5.41) is 0. The Morgan fingerprint density at radius 3 is 1.00 bits per heavy atom. The van der Waals surface area contributed by atoms with E-state index >= 15 is 0 Å². The number of hydrogen-bond donors (Lipinski definition) is 0. The van der Waals surface area contributed by atoms with Gasteiger partial charge in [-0.2, -0.15) is 0 Å². The van der Waals surface area contributed by atoms with Crippen LogP contribution >= 0.6 is 13.5 Å². The largest absolute Gasteiger partial charge is 0 e. The second-order valence-corrected chi connectivity index (χ2v) is 0. The Labute approximate surface area is 84.2 Å². The average molecular weight is 273 g/mol. The Kier molecular flexibility index (Phi) is 144. The smallest absolute Gasteiger partial charge is 0 e. The van der Waals surface area contributed by atoms with Crippen molar-refractivity contribution in [1.29, 1.82) is 0 Å². The van der Waals surface area contributed by atoms with Crippen molar-refractivity contribution in [2.24, 2.45) is 0 Å². The molecule has 4 heteroatoms. The zero-order valence-electron chi connectivity index (χ0n) is 1.69.